The topological polar surface area (TPSA) is 95.7 Å². The third-order valence-corrected chi connectivity index (χ3v) is 3.92. The van der Waals surface area contributed by atoms with Crippen LogP contribution in [0.4, 0.5) is 4.39 Å². The molecule has 0 radical (unpaired) electrons. The van der Waals surface area contributed by atoms with Crippen molar-refractivity contribution in [3.63, 3.8) is 0 Å². The summed E-state index contributed by atoms with van der Waals surface area (Å²) in [5.41, 5.74) is 0.532. The Hall–Kier alpha value is -3.01. The van der Waals surface area contributed by atoms with Gasteiger partial charge in [-0.3, -0.25) is 0 Å². The first-order valence-corrected chi connectivity index (χ1v) is 7.81. The largest absolute Gasteiger partial charge is 0.459 e. The SMILES string of the molecule is Fc1cccc(-n2nnnc2SCc2nnc(-c3ccco3)o2)c1. The number of hydrogen-bond acceptors (Lipinski definition) is 8. The monoisotopic (exact) mass is 344 g/mol. The average Bonchev–Trinajstić information content (AvgIpc) is 3.33. The van der Waals surface area contributed by atoms with Gasteiger partial charge in [0.05, 0.1) is 17.7 Å². The van der Waals surface area contributed by atoms with Crippen LogP contribution in [0.25, 0.3) is 17.3 Å². The molecule has 3 heterocycles. The zero-order chi connectivity index (χ0) is 16.4. The second-order valence-electron chi connectivity index (χ2n) is 4.62. The zero-order valence-electron chi connectivity index (χ0n) is 12.0. The van der Waals surface area contributed by atoms with E-state index in [9.17, 15) is 4.39 Å². The first-order chi connectivity index (χ1) is 11.8. The maximum absolute atomic E-state index is 13.3. The zero-order valence-corrected chi connectivity index (χ0v) is 12.9. The molecule has 0 atom stereocenters. The molecule has 24 heavy (non-hydrogen) atoms. The summed E-state index contributed by atoms with van der Waals surface area (Å²) in [6, 6.07) is 9.48. The van der Waals surface area contributed by atoms with Gasteiger partial charge in [-0.2, -0.15) is 4.68 Å². The van der Waals surface area contributed by atoms with Gasteiger partial charge >= 0.3 is 0 Å². The highest BCUT2D eigenvalue weighted by molar-refractivity contribution is 7.98. The fraction of sp³-hybridized carbons (Fsp3) is 0.0714. The highest BCUT2D eigenvalue weighted by Gasteiger charge is 2.14. The van der Waals surface area contributed by atoms with Crippen LogP contribution in [-0.2, 0) is 5.75 Å². The van der Waals surface area contributed by atoms with Gasteiger partial charge in [0, 0.05) is 0 Å². The number of halogens is 1. The minimum atomic E-state index is -0.362. The van der Waals surface area contributed by atoms with Gasteiger partial charge in [0.25, 0.3) is 5.89 Å². The molecule has 0 fully saturated rings. The molecule has 10 heteroatoms. The molecule has 8 nitrogen and oxygen atoms in total. The maximum Gasteiger partial charge on any atom is 0.283 e. The lowest BCUT2D eigenvalue weighted by molar-refractivity contribution is 0.494. The fourth-order valence-electron chi connectivity index (χ4n) is 1.98. The summed E-state index contributed by atoms with van der Waals surface area (Å²) in [6.45, 7) is 0. The normalized spacial score (nSPS) is 11.0. The van der Waals surface area contributed by atoms with Crippen molar-refractivity contribution < 1.29 is 13.2 Å². The van der Waals surface area contributed by atoms with Crippen LogP contribution >= 0.6 is 11.8 Å². The van der Waals surface area contributed by atoms with E-state index in [2.05, 4.69) is 25.7 Å². The van der Waals surface area contributed by atoms with Gasteiger partial charge in [-0.15, -0.1) is 15.3 Å². The number of hydrogen-bond donors (Lipinski definition) is 0. The van der Waals surface area contributed by atoms with E-state index in [4.69, 9.17) is 8.83 Å². The summed E-state index contributed by atoms with van der Waals surface area (Å²) in [7, 11) is 0. The lowest BCUT2D eigenvalue weighted by Gasteiger charge is -2.02. The number of aromatic nitrogens is 6. The number of thioether (sulfide) groups is 1. The van der Waals surface area contributed by atoms with Gasteiger partial charge < -0.3 is 8.83 Å². The summed E-state index contributed by atoms with van der Waals surface area (Å²) in [5, 5.41) is 19.8. The second kappa shape index (κ2) is 6.24. The number of tetrazole rings is 1. The van der Waals surface area contributed by atoms with E-state index in [-0.39, 0.29) is 5.82 Å². The molecule has 0 aliphatic rings. The van der Waals surface area contributed by atoms with Crippen molar-refractivity contribution in [2.45, 2.75) is 10.9 Å². The number of rotatable bonds is 5. The van der Waals surface area contributed by atoms with Crippen molar-refractivity contribution in [2.75, 3.05) is 0 Å². The average molecular weight is 344 g/mol. The van der Waals surface area contributed by atoms with Gasteiger partial charge in [-0.25, -0.2) is 4.39 Å². The molecule has 4 aromatic rings. The van der Waals surface area contributed by atoms with Crippen LogP contribution in [0.3, 0.4) is 0 Å². The number of furan rings is 1. The van der Waals surface area contributed by atoms with Crippen molar-refractivity contribution >= 4 is 11.8 Å². The Bertz CT molecular complexity index is 952. The van der Waals surface area contributed by atoms with Gasteiger partial charge in [0.15, 0.2) is 5.76 Å². The van der Waals surface area contributed by atoms with Gasteiger partial charge in [0.1, 0.15) is 5.82 Å². The van der Waals surface area contributed by atoms with Gasteiger partial charge in [-0.05, 0) is 40.8 Å². The Morgan fingerprint density at radius 3 is 2.92 bits per heavy atom. The Kier molecular flexibility index (Phi) is 3.79. The molecule has 3 aromatic heterocycles. The Balaban J connectivity index is 1.50. The molecule has 1 aromatic carbocycles. The molecule has 0 saturated carbocycles. The lowest BCUT2D eigenvalue weighted by Crippen LogP contribution is -1.99. The van der Waals surface area contributed by atoms with E-state index in [1.165, 1.54) is 34.8 Å². The molecule has 0 N–H and O–H groups in total. The lowest BCUT2D eigenvalue weighted by atomic mass is 10.3. The predicted molar refractivity (Wildman–Crippen MR) is 80.7 cm³/mol. The molecule has 0 aliphatic carbocycles. The van der Waals surface area contributed by atoms with E-state index in [1.807, 2.05) is 0 Å². The van der Waals surface area contributed by atoms with E-state index in [0.717, 1.165) is 0 Å². The quantitative estimate of drug-likeness (QED) is 0.510. The van der Waals surface area contributed by atoms with Crippen LogP contribution in [0.5, 0.6) is 0 Å². The van der Waals surface area contributed by atoms with E-state index in [0.29, 0.717) is 34.1 Å². The molecule has 4 rings (SSSR count). The third kappa shape index (κ3) is 2.91. The van der Waals surface area contributed by atoms with Gasteiger partial charge in [-0.1, -0.05) is 17.8 Å². The van der Waals surface area contributed by atoms with Crippen molar-refractivity contribution in [3.8, 4) is 17.3 Å². The van der Waals surface area contributed by atoms with Gasteiger partial charge in [0.2, 0.25) is 11.0 Å². The van der Waals surface area contributed by atoms with E-state index < -0.39 is 0 Å². The first kappa shape index (κ1) is 14.6. The molecule has 0 unspecified atom stereocenters. The van der Waals surface area contributed by atoms with Crippen LogP contribution in [0.1, 0.15) is 5.89 Å². The molecule has 120 valence electrons. The van der Waals surface area contributed by atoms with E-state index in [1.54, 1.807) is 24.3 Å². The number of benzene rings is 1. The molecule has 0 aliphatic heterocycles. The summed E-state index contributed by atoms with van der Waals surface area (Å²) < 4.78 is 25.5. The number of nitrogens with zero attached hydrogens (tertiary/aromatic N) is 6. The third-order valence-electron chi connectivity index (χ3n) is 3.02. The summed E-state index contributed by atoms with van der Waals surface area (Å²) in [4.78, 5) is 0. The Labute approximate surface area is 138 Å². The van der Waals surface area contributed by atoms with Crippen LogP contribution < -0.4 is 0 Å². The Morgan fingerprint density at radius 2 is 2.08 bits per heavy atom. The van der Waals surface area contributed by atoms with Crippen molar-refractivity contribution in [1.29, 1.82) is 0 Å². The minimum absolute atomic E-state index is 0.306. The van der Waals surface area contributed by atoms with Crippen LogP contribution in [0, 0.1) is 5.82 Å². The van der Waals surface area contributed by atoms with Crippen LogP contribution in [0.2, 0.25) is 0 Å². The molecule has 0 spiro atoms. The summed E-state index contributed by atoms with van der Waals surface area (Å²) in [5.74, 6) is 1.21. The molecule has 0 amide bonds. The molecular weight excluding hydrogens is 335 g/mol. The van der Waals surface area contributed by atoms with Crippen molar-refractivity contribution in [1.82, 2.24) is 30.4 Å². The second-order valence-corrected chi connectivity index (χ2v) is 5.56. The Morgan fingerprint density at radius 1 is 1.12 bits per heavy atom. The summed E-state index contributed by atoms with van der Waals surface area (Å²) in [6.07, 6.45) is 1.53. The highest BCUT2D eigenvalue weighted by Crippen LogP contribution is 2.24. The highest BCUT2D eigenvalue weighted by atomic mass is 32.2. The van der Waals surface area contributed by atoms with Crippen LogP contribution in [-0.4, -0.2) is 30.4 Å². The molecule has 0 saturated heterocycles. The molecule has 0 bridgehead atoms. The standard InChI is InChI=1S/C14H9FN6O2S/c15-9-3-1-4-10(7-9)21-14(18-19-20-21)24-8-12-16-17-13(23-12)11-5-2-6-22-11/h1-7H,8H2. The predicted octanol–water partition coefficient (Wildman–Crippen LogP) is 2.74. The van der Waals surface area contributed by atoms with Crippen molar-refractivity contribution in [2.24, 2.45) is 0 Å². The minimum Gasteiger partial charge on any atom is -0.459 e. The fourth-order valence-corrected chi connectivity index (χ4v) is 2.70. The van der Waals surface area contributed by atoms with Crippen LogP contribution in [0.15, 0.2) is 56.7 Å². The van der Waals surface area contributed by atoms with E-state index >= 15 is 0 Å². The smallest absolute Gasteiger partial charge is 0.283 e. The molecular formula is C14H9FN6O2S. The summed E-state index contributed by atoms with van der Waals surface area (Å²) >= 11 is 1.30. The maximum atomic E-state index is 13.3. The first-order valence-electron chi connectivity index (χ1n) is 6.83. The van der Waals surface area contributed by atoms with Crippen molar-refractivity contribution in [3.05, 3.63) is 54.4 Å².